The smallest absolute Gasteiger partial charge is 0.252 e. The first-order chi connectivity index (χ1) is 10.7. The number of hydrogen-bond acceptors (Lipinski definition) is 3. The SMILES string of the molecule is CN(Cc1ccccc1)C(=O)CCCNC(=O)c1ccsc1. The molecule has 0 fully saturated rings. The van der Waals surface area contributed by atoms with E-state index in [-0.39, 0.29) is 11.8 Å². The lowest BCUT2D eigenvalue weighted by molar-refractivity contribution is -0.130. The van der Waals surface area contributed by atoms with Crippen molar-refractivity contribution in [1.82, 2.24) is 10.2 Å². The molecular formula is C17H20N2O2S. The molecule has 1 aromatic carbocycles. The molecule has 1 heterocycles. The molecule has 0 saturated carbocycles. The normalized spacial score (nSPS) is 10.2. The van der Waals surface area contributed by atoms with Crippen molar-refractivity contribution >= 4 is 23.2 Å². The summed E-state index contributed by atoms with van der Waals surface area (Å²) in [4.78, 5) is 25.5. The Morgan fingerprint density at radius 1 is 1.18 bits per heavy atom. The van der Waals surface area contributed by atoms with E-state index in [1.54, 1.807) is 18.0 Å². The van der Waals surface area contributed by atoms with Crippen molar-refractivity contribution in [3.63, 3.8) is 0 Å². The van der Waals surface area contributed by atoms with Crippen molar-refractivity contribution < 1.29 is 9.59 Å². The summed E-state index contributed by atoms with van der Waals surface area (Å²) in [5.74, 6) is 0.0139. The molecule has 0 saturated heterocycles. The molecule has 4 nitrogen and oxygen atoms in total. The molecule has 116 valence electrons. The Balaban J connectivity index is 1.66. The summed E-state index contributed by atoms with van der Waals surface area (Å²) in [6.07, 6.45) is 1.08. The van der Waals surface area contributed by atoms with Gasteiger partial charge in [-0.3, -0.25) is 9.59 Å². The van der Waals surface area contributed by atoms with E-state index in [0.29, 0.717) is 31.5 Å². The van der Waals surface area contributed by atoms with Gasteiger partial charge in [-0.05, 0) is 23.4 Å². The van der Waals surface area contributed by atoms with E-state index in [1.165, 1.54) is 11.3 Å². The first-order valence-electron chi connectivity index (χ1n) is 7.25. The minimum absolute atomic E-state index is 0.0775. The molecule has 1 N–H and O–H groups in total. The van der Waals surface area contributed by atoms with Crippen LogP contribution in [-0.4, -0.2) is 30.3 Å². The van der Waals surface area contributed by atoms with Crippen LogP contribution >= 0.6 is 11.3 Å². The van der Waals surface area contributed by atoms with Crippen LogP contribution in [0.1, 0.15) is 28.8 Å². The third-order valence-corrected chi connectivity index (χ3v) is 4.01. The first-order valence-corrected chi connectivity index (χ1v) is 8.19. The Kier molecular flexibility index (Phi) is 6.15. The van der Waals surface area contributed by atoms with Gasteiger partial charge >= 0.3 is 0 Å². The number of rotatable bonds is 7. The molecule has 0 aliphatic heterocycles. The van der Waals surface area contributed by atoms with Crippen molar-refractivity contribution in [2.75, 3.05) is 13.6 Å². The molecule has 0 atom stereocenters. The minimum Gasteiger partial charge on any atom is -0.352 e. The fraction of sp³-hybridized carbons (Fsp3) is 0.294. The number of thiophene rings is 1. The Hall–Kier alpha value is -2.14. The summed E-state index contributed by atoms with van der Waals surface area (Å²) in [5, 5.41) is 6.51. The van der Waals surface area contributed by atoms with Crippen LogP contribution in [-0.2, 0) is 11.3 Å². The topological polar surface area (TPSA) is 49.4 Å². The van der Waals surface area contributed by atoms with E-state index >= 15 is 0 Å². The van der Waals surface area contributed by atoms with Crippen LogP contribution < -0.4 is 5.32 Å². The highest BCUT2D eigenvalue weighted by Crippen LogP contribution is 2.06. The van der Waals surface area contributed by atoms with Gasteiger partial charge in [0.15, 0.2) is 0 Å². The van der Waals surface area contributed by atoms with E-state index in [2.05, 4.69) is 5.32 Å². The average Bonchev–Trinajstić information content (AvgIpc) is 3.06. The van der Waals surface area contributed by atoms with E-state index in [9.17, 15) is 9.59 Å². The van der Waals surface area contributed by atoms with Gasteiger partial charge < -0.3 is 10.2 Å². The van der Waals surface area contributed by atoms with E-state index in [4.69, 9.17) is 0 Å². The van der Waals surface area contributed by atoms with Gasteiger partial charge in [-0.15, -0.1) is 0 Å². The zero-order valence-corrected chi connectivity index (χ0v) is 13.4. The van der Waals surface area contributed by atoms with Crippen LogP contribution in [0.25, 0.3) is 0 Å². The molecule has 0 bridgehead atoms. The van der Waals surface area contributed by atoms with E-state index in [0.717, 1.165) is 5.56 Å². The molecular weight excluding hydrogens is 296 g/mol. The molecule has 1 aromatic heterocycles. The van der Waals surface area contributed by atoms with Crippen molar-refractivity contribution in [2.45, 2.75) is 19.4 Å². The zero-order valence-electron chi connectivity index (χ0n) is 12.6. The third kappa shape index (κ3) is 5.00. The lowest BCUT2D eigenvalue weighted by atomic mass is 10.2. The molecule has 0 unspecified atom stereocenters. The molecule has 2 aromatic rings. The molecule has 2 rings (SSSR count). The van der Waals surface area contributed by atoms with Crippen molar-refractivity contribution in [3.05, 3.63) is 58.3 Å². The second kappa shape index (κ2) is 8.34. The Bertz CT molecular complexity index is 596. The minimum atomic E-state index is -0.0775. The number of carbonyl (C=O) groups excluding carboxylic acids is 2. The van der Waals surface area contributed by atoms with Crippen LogP contribution in [0.4, 0.5) is 0 Å². The molecule has 0 spiro atoms. The monoisotopic (exact) mass is 316 g/mol. The van der Waals surface area contributed by atoms with E-state index in [1.807, 2.05) is 41.1 Å². The van der Waals surface area contributed by atoms with Crippen molar-refractivity contribution in [1.29, 1.82) is 0 Å². The third-order valence-electron chi connectivity index (χ3n) is 3.32. The highest BCUT2D eigenvalue weighted by Gasteiger charge is 2.09. The quantitative estimate of drug-likeness (QED) is 0.799. The van der Waals surface area contributed by atoms with Gasteiger partial charge in [0.1, 0.15) is 0 Å². The molecule has 0 radical (unpaired) electrons. The molecule has 0 aliphatic rings. The van der Waals surface area contributed by atoms with Crippen LogP contribution in [0, 0.1) is 0 Å². The van der Waals surface area contributed by atoms with Crippen LogP contribution in [0.2, 0.25) is 0 Å². The van der Waals surface area contributed by atoms with Gasteiger partial charge in [-0.25, -0.2) is 0 Å². The number of nitrogens with zero attached hydrogens (tertiary/aromatic N) is 1. The largest absolute Gasteiger partial charge is 0.352 e. The fourth-order valence-corrected chi connectivity index (χ4v) is 2.71. The van der Waals surface area contributed by atoms with Crippen LogP contribution in [0.5, 0.6) is 0 Å². The predicted molar refractivity (Wildman–Crippen MR) is 88.8 cm³/mol. The summed E-state index contributed by atoms with van der Waals surface area (Å²) in [7, 11) is 1.80. The lowest BCUT2D eigenvalue weighted by Crippen LogP contribution is -2.28. The van der Waals surface area contributed by atoms with Gasteiger partial charge in [0.2, 0.25) is 5.91 Å². The number of benzene rings is 1. The Labute approximate surface area is 134 Å². The van der Waals surface area contributed by atoms with Gasteiger partial charge in [-0.1, -0.05) is 30.3 Å². The number of carbonyl (C=O) groups is 2. The number of hydrogen-bond donors (Lipinski definition) is 1. The number of nitrogens with one attached hydrogen (secondary N) is 1. The summed E-state index contributed by atoms with van der Waals surface area (Å²) in [6.45, 7) is 1.13. The zero-order chi connectivity index (χ0) is 15.8. The highest BCUT2D eigenvalue weighted by molar-refractivity contribution is 7.08. The predicted octanol–water partition coefficient (Wildman–Crippen LogP) is 2.92. The molecule has 2 amide bonds. The van der Waals surface area contributed by atoms with Gasteiger partial charge in [0, 0.05) is 37.5 Å². The number of amides is 2. The van der Waals surface area contributed by atoms with Crippen molar-refractivity contribution in [2.24, 2.45) is 0 Å². The average molecular weight is 316 g/mol. The Morgan fingerprint density at radius 3 is 2.64 bits per heavy atom. The highest BCUT2D eigenvalue weighted by atomic mass is 32.1. The van der Waals surface area contributed by atoms with Crippen LogP contribution in [0.15, 0.2) is 47.2 Å². The standard InChI is InChI=1S/C17H20N2O2S/c1-19(12-14-6-3-2-4-7-14)16(20)8-5-10-18-17(21)15-9-11-22-13-15/h2-4,6-7,9,11,13H,5,8,10,12H2,1H3,(H,18,21). The molecule has 5 heteroatoms. The molecule has 0 aliphatic carbocycles. The van der Waals surface area contributed by atoms with Crippen molar-refractivity contribution in [3.8, 4) is 0 Å². The van der Waals surface area contributed by atoms with Gasteiger partial charge in [0.05, 0.1) is 0 Å². The molecule has 22 heavy (non-hydrogen) atoms. The van der Waals surface area contributed by atoms with E-state index < -0.39 is 0 Å². The second-order valence-electron chi connectivity index (χ2n) is 5.11. The maximum atomic E-state index is 12.0. The summed E-state index contributed by atoms with van der Waals surface area (Å²) in [6, 6.07) is 11.7. The lowest BCUT2D eigenvalue weighted by Gasteiger charge is -2.17. The maximum Gasteiger partial charge on any atom is 0.252 e. The summed E-state index contributed by atoms with van der Waals surface area (Å²) in [5.41, 5.74) is 1.79. The van der Waals surface area contributed by atoms with Crippen LogP contribution in [0.3, 0.4) is 0 Å². The summed E-state index contributed by atoms with van der Waals surface area (Å²) >= 11 is 1.50. The fourth-order valence-electron chi connectivity index (χ4n) is 2.07. The van der Waals surface area contributed by atoms with Gasteiger partial charge in [-0.2, -0.15) is 11.3 Å². The first kappa shape index (κ1) is 16.2. The Morgan fingerprint density at radius 2 is 1.95 bits per heavy atom. The second-order valence-corrected chi connectivity index (χ2v) is 5.89. The van der Waals surface area contributed by atoms with Gasteiger partial charge in [0.25, 0.3) is 5.91 Å². The maximum absolute atomic E-state index is 12.0. The summed E-state index contributed by atoms with van der Waals surface area (Å²) < 4.78 is 0.